The molecule has 1 aromatic carbocycles. The summed E-state index contributed by atoms with van der Waals surface area (Å²) in [6, 6.07) is 4.26. The maximum Gasteiger partial charge on any atom is 0.123 e. The minimum Gasteiger partial charge on any atom is -0.496 e. The molecule has 4 heteroatoms. The van der Waals surface area contributed by atoms with Crippen LogP contribution in [0.5, 0.6) is 5.75 Å². The summed E-state index contributed by atoms with van der Waals surface area (Å²) in [7, 11) is 1.73. The first-order chi connectivity index (χ1) is 9.60. The van der Waals surface area contributed by atoms with E-state index >= 15 is 0 Å². The van der Waals surface area contributed by atoms with Gasteiger partial charge < -0.3 is 10.1 Å². The van der Waals surface area contributed by atoms with Gasteiger partial charge in [0.15, 0.2) is 0 Å². The molecule has 0 amide bonds. The smallest absolute Gasteiger partial charge is 0.123 e. The van der Waals surface area contributed by atoms with Crippen LogP contribution in [0, 0.1) is 5.92 Å². The molecule has 0 bridgehead atoms. The molecule has 2 unspecified atom stereocenters. The highest BCUT2D eigenvalue weighted by Gasteiger charge is 2.34. The van der Waals surface area contributed by atoms with Crippen molar-refractivity contribution in [2.45, 2.75) is 44.2 Å². The molecule has 0 radical (unpaired) electrons. The highest BCUT2D eigenvalue weighted by molar-refractivity contribution is 7.99. The fourth-order valence-electron chi connectivity index (χ4n) is 2.83. The Morgan fingerprint density at radius 2 is 2.20 bits per heavy atom. The van der Waals surface area contributed by atoms with Gasteiger partial charge in [-0.25, -0.2) is 0 Å². The summed E-state index contributed by atoms with van der Waals surface area (Å²) in [5, 5.41) is 5.11. The third-order valence-electron chi connectivity index (χ3n) is 3.81. The monoisotopic (exact) mass is 313 g/mol. The van der Waals surface area contributed by atoms with Crippen molar-refractivity contribution in [2.75, 3.05) is 13.7 Å². The van der Waals surface area contributed by atoms with Crippen LogP contribution in [0.1, 0.15) is 44.4 Å². The molecule has 1 heterocycles. The van der Waals surface area contributed by atoms with Crippen LogP contribution in [0.4, 0.5) is 0 Å². The van der Waals surface area contributed by atoms with Crippen molar-refractivity contribution in [1.29, 1.82) is 0 Å². The summed E-state index contributed by atoms with van der Waals surface area (Å²) in [6.07, 6.45) is 1.13. The Balaban J connectivity index is 2.44. The number of benzene rings is 1. The molecule has 1 aromatic rings. The van der Waals surface area contributed by atoms with Gasteiger partial charge >= 0.3 is 0 Å². The number of halogens is 1. The van der Waals surface area contributed by atoms with Crippen LogP contribution in [-0.2, 0) is 5.75 Å². The second-order valence-electron chi connectivity index (χ2n) is 5.59. The maximum atomic E-state index is 6.51. The first kappa shape index (κ1) is 16.0. The van der Waals surface area contributed by atoms with Crippen molar-refractivity contribution < 1.29 is 4.74 Å². The molecule has 0 saturated carbocycles. The van der Waals surface area contributed by atoms with Crippen LogP contribution < -0.4 is 10.1 Å². The molecule has 1 aliphatic rings. The van der Waals surface area contributed by atoms with Crippen molar-refractivity contribution in [3.63, 3.8) is 0 Å². The largest absolute Gasteiger partial charge is 0.496 e. The summed E-state index contributed by atoms with van der Waals surface area (Å²) in [5.41, 5.74) is 2.51. The number of methoxy groups -OCH3 is 1. The van der Waals surface area contributed by atoms with Crippen LogP contribution >= 0.6 is 23.4 Å². The zero-order valence-electron chi connectivity index (χ0n) is 12.7. The van der Waals surface area contributed by atoms with E-state index in [1.54, 1.807) is 7.11 Å². The van der Waals surface area contributed by atoms with Gasteiger partial charge in [-0.1, -0.05) is 32.4 Å². The lowest BCUT2D eigenvalue weighted by Gasteiger charge is -2.37. The molecule has 0 fully saturated rings. The molecule has 0 aromatic heterocycles. The van der Waals surface area contributed by atoms with Gasteiger partial charge in [0.25, 0.3) is 0 Å². The predicted octanol–water partition coefficient (Wildman–Crippen LogP) is 4.66. The number of hydrogen-bond donors (Lipinski definition) is 1. The molecule has 2 rings (SSSR count). The second-order valence-corrected chi connectivity index (χ2v) is 7.17. The van der Waals surface area contributed by atoms with Crippen molar-refractivity contribution >= 4 is 23.4 Å². The van der Waals surface area contributed by atoms with E-state index in [1.807, 2.05) is 23.9 Å². The first-order valence-electron chi connectivity index (χ1n) is 7.30. The van der Waals surface area contributed by atoms with Gasteiger partial charge in [-0.2, -0.15) is 11.8 Å². The minimum absolute atomic E-state index is 0.311. The Labute approximate surface area is 131 Å². The lowest BCUT2D eigenvalue weighted by atomic mass is 9.92. The number of fused-ring (bicyclic) bond motifs is 1. The SMILES string of the molecule is CCCNC1c2c(Cl)ccc(OC)c2CSC1C(C)C. The van der Waals surface area contributed by atoms with Gasteiger partial charge in [-0.3, -0.25) is 0 Å². The van der Waals surface area contributed by atoms with Crippen LogP contribution in [0.25, 0.3) is 0 Å². The van der Waals surface area contributed by atoms with Crippen LogP contribution in [0.15, 0.2) is 12.1 Å². The molecule has 2 atom stereocenters. The standard InChI is InChI=1S/C16H24ClNOS/c1-5-8-18-15-14-11(9-20-16(15)10(2)3)13(19-4)7-6-12(14)17/h6-7,10,15-16,18H,5,8-9H2,1-4H3. The summed E-state index contributed by atoms with van der Waals surface area (Å²) in [6.45, 7) is 7.79. The van der Waals surface area contributed by atoms with E-state index < -0.39 is 0 Å². The van der Waals surface area contributed by atoms with E-state index in [4.69, 9.17) is 16.3 Å². The zero-order valence-corrected chi connectivity index (χ0v) is 14.3. The second kappa shape index (κ2) is 7.06. The Hall–Kier alpha value is -0.380. The normalized spacial score (nSPS) is 21.9. The van der Waals surface area contributed by atoms with Crippen LogP contribution in [0.3, 0.4) is 0 Å². The fraction of sp³-hybridized carbons (Fsp3) is 0.625. The Morgan fingerprint density at radius 3 is 2.80 bits per heavy atom. The van der Waals surface area contributed by atoms with Crippen LogP contribution in [0.2, 0.25) is 5.02 Å². The molecule has 2 nitrogen and oxygen atoms in total. The lowest BCUT2D eigenvalue weighted by molar-refractivity contribution is 0.402. The number of nitrogens with one attached hydrogen (secondary N) is 1. The van der Waals surface area contributed by atoms with E-state index in [0.717, 1.165) is 29.5 Å². The molecule has 112 valence electrons. The fourth-order valence-corrected chi connectivity index (χ4v) is 4.59. The van der Waals surface area contributed by atoms with Gasteiger partial charge in [-0.05, 0) is 36.6 Å². The van der Waals surface area contributed by atoms with Crippen molar-refractivity contribution in [2.24, 2.45) is 5.92 Å². The number of hydrogen-bond acceptors (Lipinski definition) is 3. The van der Waals surface area contributed by atoms with E-state index in [-0.39, 0.29) is 0 Å². The molecule has 0 spiro atoms. The van der Waals surface area contributed by atoms with E-state index in [9.17, 15) is 0 Å². The predicted molar refractivity (Wildman–Crippen MR) is 89.0 cm³/mol. The molecular formula is C16H24ClNOS. The van der Waals surface area contributed by atoms with E-state index in [1.165, 1.54) is 11.1 Å². The molecule has 1 aliphatic heterocycles. The van der Waals surface area contributed by atoms with E-state index in [2.05, 4.69) is 26.1 Å². The van der Waals surface area contributed by atoms with E-state index in [0.29, 0.717) is 17.2 Å². The average molecular weight is 314 g/mol. The highest BCUT2D eigenvalue weighted by Crippen LogP contribution is 2.46. The van der Waals surface area contributed by atoms with Gasteiger partial charge in [0.05, 0.1) is 7.11 Å². The number of ether oxygens (including phenoxy) is 1. The van der Waals surface area contributed by atoms with Gasteiger partial charge in [-0.15, -0.1) is 0 Å². The average Bonchev–Trinajstić information content (AvgIpc) is 2.44. The topological polar surface area (TPSA) is 21.3 Å². The quantitative estimate of drug-likeness (QED) is 0.854. The molecule has 0 aliphatic carbocycles. The summed E-state index contributed by atoms with van der Waals surface area (Å²) in [4.78, 5) is 0. The summed E-state index contributed by atoms with van der Waals surface area (Å²) < 4.78 is 5.52. The van der Waals surface area contributed by atoms with Gasteiger partial charge in [0.2, 0.25) is 0 Å². The van der Waals surface area contributed by atoms with Gasteiger partial charge in [0, 0.05) is 27.6 Å². The molecule has 1 N–H and O–H groups in total. The van der Waals surface area contributed by atoms with Crippen LogP contribution in [-0.4, -0.2) is 18.9 Å². The Bertz CT molecular complexity index is 464. The molecular weight excluding hydrogens is 290 g/mol. The lowest BCUT2D eigenvalue weighted by Crippen LogP contribution is -2.37. The number of thioether (sulfide) groups is 1. The first-order valence-corrected chi connectivity index (χ1v) is 8.73. The van der Waals surface area contributed by atoms with Crippen molar-refractivity contribution in [1.82, 2.24) is 5.32 Å². The third-order valence-corrected chi connectivity index (χ3v) is 5.80. The highest BCUT2D eigenvalue weighted by atomic mass is 35.5. The molecule has 20 heavy (non-hydrogen) atoms. The summed E-state index contributed by atoms with van der Waals surface area (Å²) >= 11 is 8.52. The maximum absolute atomic E-state index is 6.51. The Morgan fingerprint density at radius 1 is 1.45 bits per heavy atom. The molecule has 0 saturated heterocycles. The van der Waals surface area contributed by atoms with Crippen molar-refractivity contribution in [3.05, 3.63) is 28.3 Å². The third kappa shape index (κ3) is 3.10. The number of rotatable bonds is 5. The zero-order chi connectivity index (χ0) is 14.7. The Kier molecular flexibility index (Phi) is 5.65. The summed E-state index contributed by atoms with van der Waals surface area (Å²) in [5.74, 6) is 2.55. The van der Waals surface area contributed by atoms with Crippen molar-refractivity contribution in [3.8, 4) is 5.75 Å². The minimum atomic E-state index is 0.311. The van der Waals surface area contributed by atoms with Gasteiger partial charge in [0.1, 0.15) is 5.75 Å².